The lowest BCUT2D eigenvalue weighted by Gasteiger charge is -2.43. The Morgan fingerprint density at radius 3 is 1.97 bits per heavy atom. The van der Waals surface area contributed by atoms with Gasteiger partial charge in [-0.2, -0.15) is 0 Å². The molecule has 0 saturated heterocycles. The molecule has 2 N–H and O–H groups in total. The maximum Gasteiger partial charge on any atom is 0.281 e. The van der Waals surface area contributed by atoms with Gasteiger partial charge in [0, 0.05) is 23.7 Å². The highest BCUT2D eigenvalue weighted by Crippen LogP contribution is 2.37. The summed E-state index contributed by atoms with van der Waals surface area (Å²) in [7, 11) is -3.01. The molecule has 1 unspecified atom stereocenters. The van der Waals surface area contributed by atoms with E-state index in [2.05, 4.69) is 37.1 Å². The molecule has 0 bridgehead atoms. The first-order chi connectivity index (χ1) is 17.1. The number of halogens is 2. The first-order valence-electron chi connectivity index (χ1n) is 12.5. The molecule has 0 aliphatic heterocycles. The van der Waals surface area contributed by atoms with Crippen LogP contribution in [0.2, 0.25) is 5.04 Å². The highest BCUT2D eigenvalue weighted by molar-refractivity contribution is 6.99. The minimum absolute atomic E-state index is 0.114. The van der Waals surface area contributed by atoms with Gasteiger partial charge in [-0.25, -0.2) is 8.78 Å². The number of H-pyrrole nitrogens is 1. The van der Waals surface area contributed by atoms with Crippen molar-refractivity contribution >= 4 is 29.6 Å². The molecule has 3 aromatic carbocycles. The molecule has 1 atom stereocenters. The van der Waals surface area contributed by atoms with E-state index < -0.39 is 27.4 Å². The highest BCUT2D eigenvalue weighted by Gasteiger charge is 2.51. The molecule has 1 aromatic heterocycles. The predicted octanol–water partition coefficient (Wildman–Crippen LogP) is 5.90. The summed E-state index contributed by atoms with van der Waals surface area (Å²) >= 11 is 0. The number of aromatic amines is 1. The van der Waals surface area contributed by atoms with Crippen LogP contribution in [0.5, 0.6) is 0 Å². The Balaban J connectivity index is 1.48. The Morgan fingerprint density at radius 1 is 0.861 bits per heavy atom. The molecule has 3 nitrogen and oxygen atoms in total. The van der Waals surface area contributed by atoms with Crippen LogP contribution >= 0.6 is 0 Å². The van der Waals surface area contributed by atoms with Gasteiger partial charge >= 0.3 is 0 Å². The molecule has 0 radical (unpaired) electrons. The van der Waals surface area contributed by atoms with Gasteiger partial charge in [-0.15, -0.1) is 0 Å². The van der Waals surface area contributed by atoms with Crippen LogP contribution in [0.4, 0.5) is 8.78 Å². The molecule has 0 aliphatic carbocycles. The molecule has 4 rings (SSSR count). The van der Waals surface area contributed by atoms with Crippen LogP contribution in [0, 0.1) is 0 Å². The summed E-state index contributed by atoms with van der Waals surface area (Å²) in [5.41, 5.74) is 2.09. The molecule has 0 spiro atoms. The van der Waals surface area contributed by atoms with E-state index in [-0.39, 0.29) is 11.1 Å². The molecule has 0 amide bonds. The summed E-state index contributed by atoms with van der Waals surface area (Å²) in [6.45, 7) is 7.15. The molecule has 36 heavy (non-hydrogen) atoms. The van der Waals surface area contributed by atoms with Crippen LogP contribution in [0.1, 0.15) is 33.4 Å². The van der Waals surface area contributed by atoms with Crippen LogP contribution in [-0.4, -0.2) is 38.4 Å². The van der Waals surface area contributed by atoms with Gasteiger partial charge < -0.3 is 14.7 Å². The molecule has 1 heterocycles. The average molecular weight is 507 g/mol. The van der Waals surface area contributed by atoms with Crippen molar-refractivity contribution < 1.29 is 13.2 Å². The monoisotopic (exact) mass is 506 g/mol. The fraction of sp³-hybridized carbons (Fsp3) is 0.333. The van der Waals surface area contributed by atoms with E-state index in [1.807, 2.05) is 91.9 Å². The van der Waals surface area contributed by atoms with E-state index in [9.17, 15) is 0 Å². The molecular formula is C30H36F2N2OSi. The largest absolute Gasteiger partial charge is 0.401 e. The summed E-state index contributed by atoms with van der Waals surface area (Å²) < 4.78 is 37.0. The van der Waals surface area contributed by atoms with Gasteiger partial charge in [0.1, 0.15) is 0 Å². The molecule has 190 valence electrons. The molecule has 0 fully saturated rings. The van der Waals surface area contributed by atoms with Crippen molar-refractivity contribution in [3.63, 3.8) is 0 Å². The van der Waals surface area contributed by atoms with E-state index in [4.69, 9.17) is 4.43 Å². The van der Waals surface area contributed by atoms with Crippen molar-refractivity contribution in [2.24, 2.45) is 0 Å². The fourth-order valence-electron chi connectivity index (χ4n) is 5.00. The Morgan fingerprint density at radius 2 is 1.42 bits per heavy atom. The summed E-state index contributed by atoms with van der Waals surface area (Å²) in [5, 5.41) is 5.82. The van der Waals surface area contributed by atoms with Crippen LogP contribution in [-0.2, 0) is 10.8 Å². The van der Waals surface area contributed by atoms with Crippen molar-refractivity contribution in [1.29, 1.82) is 0 Å². The van der Waals surface area contributed by atoms with Gasteiger partial charge in [0.25, 0.3) is 14.2 Å². The van der Waals surface area contributed by atoms with Crippen LogP contribution in [0.15, 0.2) is 91.0 Å². The van der Waals surface area contributed by atoms with Gasteiger partial charge in [0.15, 0.2) is 0 Å². The third-order valence-electron chi connectivity index (χ3n) is 6.74. The highest BCUT2D eigenvalue weighted by atomic mass is 28.4. The number of hydrogen-bond acceptors (Lipinski definition) is 2. The zero-order chi connectivity index (χ0) is 25.8. The van der Waals surface area contributed by atoms with Crippen molar-refractivity contribution in [2.75, 3.05) is 13.2 Å². The normalized spacial score (nSPS) is 13.7. The van der Waals surface area contributed by atoms with Gasteiger partial charge in [-0.1, -0.05) is 99.6 Å². The number of hydrogen-bond donors (Lipinski definition) is 2. The van der Waals surface area contributed by atoms with E-state index in [1.165, 1.54) is 0 Å². The van der Waals surface area contributed by atoms with E-state index in [0.29, 0.717) is 6.42 Å². The van der Waals surface area contributed by atoms with Gasteiger partial charge in [0.2, 0.25) is 0 Å². The number of fused-ring (bicyclic) bond motifs is 1. The van der Waals surface area contributed by atoms with Crippen molar-refractivity contribution in [1.82, 2.24) is 10.3 Å². The molecule has 4 aromatic rings. The lowest BCUT2D eigenvalue weighted by Crippen LogP contribution is -2.67. The number of benzene rings is 3. The lowest BCUT2D eigenvalue weighted by molar-refractivity contribution is -0.0434. The van der Waals surface area contributed by atoms with Gasteiger partial charge in [-0.05, 0) is 39.9 Å². The van der Waals surface area contributed by atoms with Crippen LogP contribution in [0.3, 0.4) is 0 Å². The maximum absolute atomic E-state index is 15.3. The number of nitrogens with one attached hydrogen (secondary N) is 2. The minimum Gasteiger partial charge on any atom is -0.401 e. The Labute approximate surface area is 214 Å². The standard InChI is InChI=1S/C30H36F2N2OSi/c1-23(19-25-20-24-13-11-12-18-28(24)34-25)33-21-30(31,32)22-35-36(29(2,3)4,26-14-7-5-8-15-26)27-16-9-6-10-17-27/h5-18,20,23,33-34H,19,21-22H2,1-4H3. The summed E-state index contributed by atoms with van der Waals surface area (Å²) in [6, 6.07) is 29.8. The van der Waals surface area contributed by atoms with Crippen LogP contribution in [0.25, 0.3) is 10.9 Å². The molecule has 6 heteroatoms. The van der Waals surface area contributed by atoms with Gasteiger partial charge in [0.05, 0.1) is 13.2 Å². The summed E-state index contributed by atoms with van der Waals surface area (Å²) in [4.78, 5) is 3.37. The second kappa shape index (κ2) is 10.7. The number of alkyl halides is 2. The van der Waals surface area contributed by atoms with Crippen molar-refractivity contribution in [3.8, 4) is 0 Å². The van der Waals surface area contributed by atoms with E-state index in [1.54, 1.807) is 0 Å². The topological polar surface area (TPSA) is 37.0 Å². The minimum atomic E-state index is -3.01. The average Bonchev–Trinajstić information content (AvgIpc) is 3.26. The molecule has 0 aliphatic rings. The van der Waals surface area contributed by atoms with E-state index in [0.717, 1.165) is 27.0 Å². The maximum atomic E-state index is 15.3. The third-order valence-corrected chi connectivity index (χ3v) is 11.7. The summed E-state index contributed by atoms with van der Waals surface area (Å²) in [5.74, 6) is -3.01. The summed E-state index contributed by atoms with van der Waals surface area (Å²) in [6.07, 6.45) is 0.639. The van der Waals surface area contributed by atoms with Gasteiger partial charge in [-0.3, -0.25) is 0 Å². The quantitative estimate of drug-likeness (QED) is 0.263. The predicted molar refractivity (Wildman–Crippen MR) is 148 cm³/mol. The SMILES string of the molecule is CC(Cc1cc2ccccc2[nH]1)NCC(F)(F)CO[Si](c1ccccc1)(c1ccccc1)C(C)(C)C. The zero-order valence-electron chi connectivity index (χ0n) is 21.5. The Bertz CT molecular complexity index is 1180. The Hall–Kier alpha value is -2.80. The number of aromatic nitrogens is 1. The smallest absolute Gasteiger partial charge is 0.281 e. The second-order valence-corrected chi connectivity index (χ2v) is 15.0. The molecular weight excluding hydrogens is 470 g/mol. The number of para-hydroxylation sites is 1. The fourth-order valence-corrected chi connectivity index (χ4v) is 9.58. The lowest BCUT2D eigenvalue weighted by atomic mass is 10.1. The first kappa shape index (κ1) is 26.3. The third kappa shape index (κ3) is 5.77. The number of rotatable bonds is 10. The first-order valence-corrected chi connectivity index (χ1v) is 14.4. The Kier molecular flexibility index (Phi) is 7.78. The zero-order valence-corrected chi connectivity index (χ0v) is 22.5. The second-order valence-electron chi connectivity index (χ2n) is 10.7. The van der Waals surface area contributed by atoms with Crippen molar-refractivity contribution in [2.45, 2.75) is 51.1 Å². The molecule has 0 saturated carbocycles. The van der Waals surface area contributed by atoms with Crippen LogP contribution < -0.4 is 15.7 Å². The van der Waals surface area contributed by atoms with Crippen molar-refractivity contribution in [3.05, 3.63) is 96.7 Å². The van der Waals surface area contributed by atoms with E-state index >= 15 is 8.78 Å².